The van der Waals surface area contributed by atoms with E-state index in [0.717, 1.165) is 24.1 Å². The standard InChI is InChI=1S/C20H21N3O2/c1-2-3-5-8-14-11-12-16-17(13-14)21-20(25)18(16)22-23-19(24)15-9-6-4-7-10-15/h4,6-7,9-13H,2-3,5,8H2,1H3,(H,23,24)(H,21,22,25). The first-order chi connectivity index (χ1) is 12.2. The van der Waals surface area contributed by atoms with Crippen LogP contribution in [0.25, 0.3) is 0 Å². The highest BCUT2D eigenvalue weighted by atomic mass is 16.2. The summed E-state index contributed by atoms with van der Waals surface area (Å²) in [6.07, 6.45) is 4.51. The van der Waals surface area contributed by atoms with Crippen molar-refractivity contribution in [2.75, 3.05) is 5.32 Å². The number of carbonyl (C=O) groups excluding carboxylic acids is 2. The van der Waals surface area contributed by atoms with E-state index in [1.807, 2.05) is 24.3 Å². The molecule has 1 heterocycles. The quantitative estimate of drug-likeness (QED) is 0.626. The minimum absolute atomic E-state index is 0.236. The van der Waals surface area contributed by atoms with Gasteiger partial charge in [-0.3, -0.25) is 9.59 Å². The minimum Gasteiger partial charge on any atom is -0.320 e. The largest absolute Gasteiger partial charge is 0.320 e. The maximum Gasteiger partial charge on any atom is 0.276 e. The molecule has 1 aliphatic rings. The van der Waals surface area contributed by atoms with Gasteiger partial charge in [-0.15, -0.1) is 0 Å². The zero-order valence-electron chi connectivity index (χ0n) is 14.2. The van der Waals surface area contributed by atoms with Crippen LogP contribution in [0.1, 0.15) is 47.7 Å². The smallest absolute Gasteiger partial charge is 0.276 e. The van der Waals surface area contributed by atoms with Gasteiger partial charge in [0.2, 0.25) is 0 Å². The predicted octanol–water partition coefficient (Wildman–Crippen LogP) is 3.51. The molecule has 0 saturated carbocycles. The molecular formula is C20H21N3O2. The lowest BCUT2D eigenvalue weighted by atomic mass is 10.0. The van der Waals surface area contributed by atoms with E-state index in [1.54, 1.807) is 24.3 Å². The molecule has 5 heteroatoms. The number of amides is 2. The fraction of sp³-hybridized carbons (Fsp3) is 0.250. The maximum atomic E-state index is 12.2. The summed E-state index contributed by atoms with van der Waals surface area (Å²) < 4.78 is 0. The van der Waals surface area contributed by atoms with Crippen LogP contribution in [0.4, 0.5) is 5.69 Å². The number of nitrogens with zero attached hydrogens (tertiary/aromatic N) is 1. The predicted molar refractivity (Wildman–Crippen MR) is 98.7 cm³/mol. The number of nitrogens with one attached hydrogen (secondary N) is 2. The van der Waals surface area contributed by atoms with Gasteiger partial charge in [-0.05, 0) is 36.6 Å². The number of fused-ring (bicyclic) bond motifs is 1. The number of rotatable bonds is 6. The summed E-state index contributed by atoms with van der Waals surface area (Å²) in [5.74, 6) is -0.639. The van der Waals surface area contributed by atoms with Crippen molar-refractivity contribution >= 4 is 23.2 Å². The zero-order valence-corrected chi connectivity index (χ0v) is 14.2. The Balaban J connectivity index is 1.74. The summed E-state index contributed by atoms with van der Waals surface area (Å²) in [6, 6.07) is 14.7. The van der Waals surface area contributed by atoms with Gasteiger partial charge in [0.15, 0.2) is 5.71 Å². The molecule has 0 fully saturated rings. The molecule has 2 amide bonds. The summed E-state index contributed by atoms with van der Waals surface area (Å²) in [5.41, 5.74) is 5.86. The first-order valence-corrected chi connectivity index (χ1v) is 8.56. The molecule has 25 heavy (non-hydrogen) atoms. The van der Waals surface area contributed by atoms with E-state index in [0.29, 0.717) is 5.56 Å². The molecule has 0 spiro atoms. The Kier molecular flexibility index (Phi) is 5.23. The number of anilines is 1. The van der Waals surface area contributed by atoms with Crippen molar-refractivity contribution < 1.29 is 9.59 Å². The van der Waals surface area contributed by atoms with Crippen LogP contribution in [0.2, 0.25) is 0 Å². The minimum atomic E-state index is -0.342. The molecule has 0 radical (unpaired) electrons. The van der Waals surface area contributed by atoms with Crippen molar-refractivity contribution in [3.05, 3.63) is 65.2 Å². The molecule has 0 saturated heterocycles. The van der Waals surface area contributed by atoms with E-state index in [4.69, 9.17) is 0 Å². The summed E-state index contributed by atoms with van der Waals surface area (Å²) in [5, 5.41) is 6.85. The average Bonchev–Trinajstić information content (AvgIpc) is 2.95. The lowest BCUT2D eigenvalue weighted by Gasteiger charge is -2.04. The van der Waals surface area contributed by atoms with E-state index in [1.165, 1.54) is 18.4 Å². The number of hydrazone groups is 1. The molecular weight excluding hydrogens is 314 g/mol. The Morgan fingerprint density at radius 2 is 1.92 bits per heavy atom. The molecule has 2 aromatic rings. The average molecular weight is 335 g/mol. The second kappa shape index (κ2) is 7.75. The van der Waals surface area contributed by atoms with Gasteiger partial charge >= 0.3 is 0 Å². The molecule has 2 N–H and O–H groups in total. The molecule has 128 valence electrons. The van der Waals surface area contributed by atoms with Crippen molar-refractivity contribution in [1.82, 2.24) is 5.43 Å². The first-order valence-electron chi connectivity index (χ1n) is 8.56. The third-order valence-corrected chi connectivity index (χ3v) is 4.18. The van der Waals surface area contributed by atoms with E-state index < -0.39 is 0 Å². The number of benzene rings is 2. The van der Waals surface area contributed by atoms with Gasteiger partial charge in [0.25, 0.3) is 11.8 Å². The van der Waals surface area contributed by atoms with Crippen LogP contribution >= 0.6 is 0 Å². The van der Waals surface area contributed by atoms with Gasteiger partial charge in [-0.1, -0.05) is 50.1 Å². The Labute approximate surface area is 147 Å². The number of unbranched alkanes of at least 4 members (excludes halogenated alkanes) is 2. The molecule has 5 nitrogen and oxygen atoms in total. The van der Waals surface area contributed by atoms with E-state index in [9.17, 15) is 9.59 Å². The summed E-state index contributed by atoms with van der Waals surface area (Å²) in [7, 11) is 0. The molecule has 2 aromatic carbocycles. The van der Waals surface area contributed by atoms with Gasteiger partial charge in [0.1, 0.15) is 0 Å². The van der Waals surface area contributed by atoms with Gasteiger partial charge in [-0.25, -0.2) is 5.43 Å². The summed E-state index contributed by atoms with van der Waals surface area (Å²) in [4.78, 5) is 24.2. The highest BCUT2D eigenvalue weighted by Gasteiger charge is 2.26. The van der Waals surface area contributed by atoms with Crippen molar-refractivity contribution in [1.29, 1.82) is 0 Å². The highest BCUT2D eigenvalue weighted by molar-refractivity contribution is 6.53. The third-order valence-electron chi connectivity index (χ3n) is 4.18. The van der Waals surface area contributed by atoms with Gasteiger partial charge in [0, 0.05) is 11.1 Å². The summed E-state index contributed by atoms with van der Waals surface area (Å²) in [6.45, 7) is 2.18. The number of carbonyl (C=O) groups is 2. The Bertz CT molecular complexity index is 813. The van der Waals surface area contributed by atoms with Gasteiger partial charge in [-0.2, -0.15) is 5.10 Å². The zero-order chi connectivity index (χ0) is 17.6. The van der Waals surface area contributed by atoms with Crippen LogP contribution in [0, 0.1) is 0 Å². The van der Waals surface area contributed by atoms with Crippen molar-refractivity contribution in [2.45, 2.75) is 32.6 Å². The Morgan fingerprint density at radius 1 is 1.12 bits per heavy atom. The van der Waals surface area contributed by atoms with Crippen LogP contribution in [-0.4, -0.2) is 17.5 Å². The third kappa shape index (κ3) is 3.94. The number of hydrogen-bond donors (Lipinski definition) is 2. The molecule has 0 aromatic heterocycles. The molecule has 3 rings (SSSR count). The van der Waals surface area contributed by atoms with E-state index in [-0.39, 0.29) is 17.5 Å². The van der Waals surface area contributed by atoms with Gasteiger partial charge < -0.3 is 5.32 Å². The van der Waals surface area contributed by atoms with E-state index >= 15 is 0 Å². The first kappa shape index (κ1) is 16.9. The molecule has 0 atom stereocenters. The fourth-order valence-electron chi connectivity index (χ4n) is 2.81. The molecule has 0 aliphatic carbocycles. The second-order valence-corrected chi connectivity index (χ2v) is 6.06. The van der Waals surface area contributed by atoms with E-state index in [2.05, 4.69) is 22.8 Å². The number of aryl methyl sites for hydroxylation is 1. The Hall–Kier alpha value is -2.95. The second-order valence-electron chi connectivity index (χ2n) is 6.06. The highest BCUT2D eigenvalue weighted by Crippen LogP contribution is 2.25. The topological polar surface area (TPSA) is 70.6 Å². The summed E-state index contributed by atoms with van der Waals surface area (Å²) >= 11 is 0. The normalized spacial score (nSPS) is 14.3. The number of hydrogen-bond acceptors (Lipinski definition) is 3. The monoisotopic (exact) mass is 335 g/mol. The lowest BCUT2D eigenvalue weighted by Crippen LogP contribution is -2.23. The SMILES string of the molecule is CCCCCc1ccc2c(c1)NC(=O)/C2=N\NC(=O)c1ccccc1. The van der Waals surface area contributed by atoms with Crippen LogP contribution in [0.3, 0.4) is 0 Å². The van der Waals surface area contributed by atoms with Crippen molar-refractivity contribution in [3.63, 3.8) is 0 Å². The van der Waals surface area contributed by atoms with Crippen molar-refractivity contribution in [3.8, 4) is 0 Å². The van der Waals surface area contributed by atoms with Crippen LogP contribution in [0.15, 0.2) is 53.6 Å². The molecule has 0 bridgehead atoms. The molecule has 0 unspecified atom stereocenters. The molecule has 1 aliphatic heterocycles. The lowest BCUT2D eigenvalue weighted by molar-refractivity contribution is -0.110. The van der Waals surface area contributed by atoms with Gasteiger partial charge in [0.05, 0.1) is 5.69 Å². The van der Waals surface area contributed by atoms with Crippen LogP contribution in [0.5, 0.6) is 0 Å². The maximum absolute atomic E-state index is 12.2. The van der Waals surface area contributed by atoms with Crippen molar-refractivity contribution in [2.24, 2.45) is 5.10 Å². The Morgan fingerprint density at radius 3 is 2.68 bits per heavy atom. The van der Waals surface area contributed by atoms with Crippen LogP contribution < -0.4 is 10.7 Å². The fourth-order valence-corrected chi connectivity index (χ4v) is 2.81. The van der Waals surface area contributed by atoms with Crippen LogP contribution in [-0.2, 0) is 11.2 Å².